The molecule has 0 aromatic heterocycles. The van der Waals surface area contributed by atoms with E-state index in [-0.39, 0.29) is 17.9 Å². The topological polar surface area (TPSA) is 20.2 Å². The van der Waals surface area contributed by atoms with E-state index in [0.29, 0.717) is 17.0 Å². The van der Waals surface area contributed by atoms with Crippen molar-refractivity contribution in [3.8, 4) is 0 Å². The van der Waals surface area contributed by atoms with Gasteiger partial charge in [0, 0.05) is 0 Å². The summed E-state index contributed by atoms with van der Waals surface area (Å²) >= 11 is 0. The molecule has 1 aromatic carbocycles. The zero-order chi connectivity index (χ0) is 22.5. The van der Waals surface area contributed by atoms with Crippen LogP contribution in [0.4, 0.5) is 8.78 Å². The molecule has 1 aromatic rings. The number of rotatable bonds is 7. The minimum absolute atomic E-state index is 0.103. The maximum Gasteiger partial charge on any atom is 0.162 e. The third-order valence-electron chi connectivity index (χ3n) is 9.26. The van der Waals surface area contributed by atoms with Gasteiger partial charge in [-0.1, -0.05) is 44.7 Å². The molecule has 0 bridgehead atoms. The maximum atomic E-state index is 15.2. The summed E-state index contributed by atoms with van der Waals surface area (Å²) in [7, 11) is 0. The van der Waals surface area contributed by atoms with Crippen molar-refractivity contribution in [1.29, 1.82) is 0 Å². The highest BCUT2D eigenvalue weighted by molar-refractivity contribution is 5.32. The molecule has 0 unspecified atom stereocenters. The van der Waals surface area contributed by atoms with Crippen LogP contribution in [0, 0.1) is 29.4 Å². The fourth-order valence-corrected chi connectivity index (χ4v) is 7.13. The summed E-state index contributed by atoms with van der Waals surface area (Å²) in [5.74, 6) is 1.46. The van der Waals surface area contributed by atoms with Gasteiger partial charge in [-0.05, 0) is 118 Å². The molecule has 1 N–H and O–H groups in total. The predicted octanol–water partition coefficient (Wildman–Crippen LogP) is 8.64. The molecule has 0 aliphatic heterocycles. The second kappa shape index (κ2) is 11.4. The fraction of sp³-hybridized carbons (Fsp3) is 0.793. The van der Waals surface area contributed by atoms with Crippen LogP contribution in [0.3, 0.4) is 0 Å². The van der Waals surface area contributed by atoms with Gasteiger partial charge in [0.25, 0.3) is 0 Å². The summed E-state index contributed by atoms with van der Waals surface area (Å²) in [4.78, 5) is 0. The molecule has 3 aliphatic rings. The molecule has 0 radical (unpaired) electrons. The van der Waals surface area contributed by atoms with Gasteiger partial charge in [-0.15, -0.1) is 0 Å². The number of halogens is 2. The molecule has 180 valence electrons. The monoisotopic (exact) mass is 446 g/mol. The molecule has 0 amide bonds. The lowest BCUT2D eigenvalue weighted by Gasteiger charge is -2.37. The van der Waals surface area contributed by atoms with Gasteiger partial charge in [0.15, 0.2) is 11.6 Å². The molecular weight excluding hydrogens is 402 g/mol. The van der Waals surface area contributed by atoms with Crippen molar-refractivity contribution in [3.63, 3.8) is 0 Å². The molecule has 4 rings (SSSR count). The first kappa shape index (κ1) is 24.2. The Morgan fingerprint density at radius 3 is 1.66 bits per heavy atom. The zero-order valence-corrected chi connectivity index (χ0v) is 20.1. The van der Waals surface area contributed by atoms with Gasteiger partial charge in [0.1, 0.15) is 0 Å². The minimum Gasteiger partial charge on any atom is -0.393 e. The molecule has 0 spiro atoms. The second-order valence-corrected chi connectivity index (χ2v) is 11.3. The first-order valence-corrected chi connectivity index (χ1v) is 13.7. The van der Waals surface area contributed by atoms with E-state index < -0.39 is 11.6 Å². The van der Waals surface area contributed by atoms with E-state index in [1.165, 1.54) is 38.5 Å². The SMILES string of the molecule is CCCCCC1CCC(c2ccc(C3CCC(C4CCC(O)CC4)CC3)c(F)c2F)CC1. The lowest BCUT2D eigenvalue weighted by atomic mass is 9.69. The van der Waals surface area contributed by atoms with Crippen LogP contribution >= 0.6 is 0 Å². The molecule has 0 heterocycles. The molecular formula is C29H44F2O. The van der Waals surface area contributed by atoms with Gasteiger partial charge in [-0.2, -0.15) is 0 Å². The Morgan fingerprint density at radius 2 is 1.16 bits per heavy atom. The third-order valence-corrected chi connectivity index (χ3v) is 9.26. The van der Waals surface area contributed by atoms with Crippen molar-refractivity contribution in [2.24, 2.45) is 17.8 Å². The van der Waals surface area contributed by atoms with Crippen LogP contribution in [0.1, 0.15) is 133 Å². The minimum atomic E-state index is -0.559. The van der Waals surface area contributed by atoms with Crippen LogP contribution in [-0.4, -0.2) is 11.2 Å². The zero-order valence-electron chi connectivity index (χ0n) is 20.1. The summed E-state index contributed by atoms with van der Waals surface area (Å²) in [6.45, 7) is 2.24. The van der Waals surface area contributed by atoms with E-state index >= 15 is 8.78 Å². The van der Waals surface area contributed by atoms with Crippen molar-refractivity contribution in [2.75, 3.05) is 0 Å². The van der Waals surface area contributed by atoms with E-state index in [4.69, 9.17) is 0 Å². The first-order valence-electron chi connectivity index (χ1n) is 13.7. The lowest BCUT2D eigenvalue weighted by Crippen LogP contribution is -2.27. The van der Waals surface area contributed by atoms with E-state index in [1.807, 2.05) is 12.1 Å². The van der Waals surface area contributed by atoms with Gasteiger partial charge >= 0.3 is 0 Å². The number of unbranched alkanes of at least 4 members (excludes halogenated alkanes) is 2. The maximum absolute atomic E-state index is 15.2. The highest BCUT2D eigenvalue weighted by Crippen LogP contribution is 2.45. The average Bonchev–Trinajstić information content (AvgIpc) is 2.82. The number of hydrogen-bond donors (Lipinski definition) is 1. The smallest absolute Gasteiger partial charge is 0.162 e. The molecule has 3 aliphatic carbocycles. The number of hydrogen-bond acceptors (Lipinski definition) is 1. The fourth-order valence-electron chi connectivity index (χ4n) is 7.13. The summed E-state index contributed by atoms with van der Waals surface area (Å²) in [5.41, 5.74) is 1.25. The highest BCUT2D eigenvalue weighted by Gasteiger charge is 2.33. The van der Waals surface area contributed by atoms with Gasteiger partial charge in [-0.3, -0.25) is 0 Å². The summed E-state index contributed by atoms with van der Waals surface area (Å²) in [5, 5.41) is 9.77. The molecule has 0 atom stereocenters. The average molecular weight is 447 g/mol. The normalized spacial score (nSPS) is 33.9. The Hall–Kier alpha value is -0.960. The quantitative estimate of drug-likeness (QED) is 0.415. The molecule has 3 heteroatoms. The molecule has 32 heavy (non-hydrogen) atoms. The van der Waals surface area contributed by atoms with E-state index in [9.17, 15) is 5.11 Å². The standard InChI is InChI=1S/C29H44F2O/c1-2-3-4-5-20-6-8-23(9-7-20)26-18-19-27(29(31)28(26)30)24-12-10-21(11-13-24)22-14-16-25(32)17-15-22/h18-25,32H,2-17H2,1H3. The highest BCUT2D eigenvalue weighted by atomic mass is 19.2. The number of aliphatic hydroxyl groups is 1. The lowest BCUT2D eigenvalue weighted by molar-refractivity contribution is 0.0803. The largest absolute Gasteiger partial charge is 0.393 e. The van der Waals surface area contributed by atoms with Gasteiger partial charge in [0.2, 0.25) is 0 Å². The Balaban J connectivity index is 1.32. The van der Waals surface area contributed by atoms with Crippen molar-refractivity contribution < 1.29 is 13.9 Å². The van der Waals surface area contributed by atoms with Crippen LogP contribution in [0.5, 0.6) is 0 Å². The summed E-state index contributed by atoms with van der Waals surface area (Å²) < 4.78 is 30.3. The molecule has 3 fully saturated rings. The Bertz CT molecular complexity index is 708. The molecule has 0 saturated heterocycles. The van der Waals surface area contributed by atoms with E-state index in [0.717, 1.165) is 76.0 Å². The van der Waals surface area contributed by atoms with Gasteiger partial charge in [-0.25, -0.2) is 8.78 Å². The van der Waals surface area contributed by atoms with Crippen LogP contribution in [0.2, 0.25) is 0 Å². The van der Waals surface area contributed by atoms with Crippen molar-refractivity contribution >= 4 is 0 Å². The Morgan fingerprint density at radius 1 is 0.688 bits per heavy atom. The van der Waals surface area contributed by atoms with E-state index in [1.54, 1.807) is 0 Å². The van der Waals surface area contributed by atoms with Crippen LogP contribution in [0.25, 0.3) is 0 Å². The second-order valence-electron chi connectivity index (χ2n) is 11.3. The van der Waals surface area contributed by atoms with Crippen LogP contribution in [0.15, 0.2) is 12.1 Å². The van der Waals surface area contributed by atoms with Crippen LogP contribution in [-0.2, 0) is 0 Å². The summed E-state index contributed by atoms with van der Waals surface area (Å²) in [6.07, 6.45) is 17.8. The predicted molar refractivity (Wildman–Crippen MR) is 128 cm³/mol. The third kappa shape index (κ3) is 5.75. The Kier molecular flexibility index (Phi) is 8.65. The van der Waals surface area contributed by atoms with Crippen molar-refractivity contribution in [2.45, 2.75) is 128 Å². The number of aliphatic hydroxyl groups excluding tert-OH is 1. The number of benzene rings is 1. The van der Waals surface area contributed by atoms with Gasteiger partial charge < -0.3 is 5.11 Å². The van der Waals surface area contributed by atoms with Crippen LogP contribution < -0.4 is 0 Å². The van der Waals surface area contributed by atoms with Crippen molar-refractivity contribution in [3.05, 3.63) is 34.9 Å². The molecule has 3 saturated carbocycles. The van der Waals surface area contributed by atoms with Gasteiger partial charge in [0.05, 0.1) is 6.10 Å². The van der Waals surface area contributed by atoms with Crippen molar-refractivity contribution in [1.82, 2.24) is 0 Å². The van der Waals surface area contributed by atoms with E-state index in [2.05, 4.69) is 6.92 Å². The first-order chi connectivity index (χ1) is 15.6. The summed E-state index contributed by atoms with van der Waals surface area (Å²) in [6, 6.07) is 3.84. The molecule has 1 nitrogen and oxygen atoms in total. The Labute approximate surface area is 194 Å².